The lowest BCUT2D eigenvalue weighted by atomic mass is 10.1. The van der Waals surface area contributed by atoms with Gasteiger partial charge < -0.3 is 14.2 Å². The van der Waals surface area contributed by atoms with Crippen LogP contribution in [0.4, 0.5) is 0 Å². The number of benzene rings is 1. The van der Waals surface area contributed by atoms with Crippen molar-refractivity contribution in [1.82, 2.24) is 14.5 Å². The summed E-state index contributed by atoms with van der Waals surface area (Å²) < 4.78 is 34.3. The Morgan fingerprint density at radius 3 is 2.64 bits per heavy atom. The van der Waals surface area contributed by atoms with Crippen LogP contribution < -0.4 is 0 Å². The lowest BCUT2D eigenvalue weighted by Crippen LogP contribution is -2.39. The first kappa shape index (κ1) is 25.4. The normalized spacial score (nSPS) is 16.6. The Labute approximate surface area is 198 Å². The molecule has 0 bridgehead atoms. The molecule has 1 atom stereocenters. The molecule has 7 nitrogen and oxygen atoms in total. The van der Waals surface area contributed by atoms with Crippen molar-refractivity contribution in [2.75, 3.05) is 13.2 Å². The predicted molar refractivity (Wildman–Crippen MR) is 128 cm³/mol. The fourth-order valence-electron chi connectivity index (χ4n) is 4.24. The van der Waals surface area contributed by atoms with E-state index in [-0.39, 0.29) is 34.8 Å². The summed E-state index contributed by atoms with van der Waals surface area (Å²) in [6, 6.07) is 7.53. The van der Waals surface area contributed by atoms with Gasteiger partial charge in [-0.05, 0) is 31.2 Å². The van der Waals surface area contributed by atoms with Crippen LogP contribution in [0.3, 0.4) is 0 Å². The average Bonchev–Trinajstić information content (AvgIpc) is 3.37. The minimum atomic E-state index is -3.66. The number of imidazole rings is 1. The van der Waals surface area contributed by atoms with Gasteiger partial charge in [0, 0.05) is 25.6 Å². The third kappa shape index (κ3) is 6.67. The molecule has 1 saturated heterocycles. The molecule has 0 saturated carbocycles. The summed E-state index contributed by atoms with van der Waals surface area (Å²) >= 11 is 0. The highest BCUT2D eigenvalue weighted by Gasteiger charge is 2.28. The Hall–Kier alpha value is -2.19. The molecule has 1 amide bonds. The lowest BCUT2D eigenvalue weighted by Gasteiger charge is -2.28. The summed E-state index contributed by atoms with van der Waals surface area (Å²) in [5, 5.41) is 0.0711. The third-order valence-corrected chi connectivity index (χ3v) is 7.37. The van der Waals surface area contributed by atoms with Gasteiger partial charge in [0.25, 0.3) is 0 Å². The van der Waals surface area contributed by atoms with Crippen LogP contribution in [0, 0.1) is 18.8 Å². The maximum atomic E-state index is 13.4. The molecule has 3 rings (SSSR count). The monoisotopic (exact) mass is 475 g/mol. The quantitative estimate of drug-likeness (QED) is 0.519. The highest BCUT2D eigenvalue weighted by Crippen LogP contribution is 2.22. The molecule has 0 spiro atoms. The van der Waals surface area contributed by atoms with Gasteiger partial charge in [0.1, 0.15) is 0 Å². The lowest BCUT2D eigenvalue weighted by molar-refractivity contribution is -0.136. The molecule has 1 aliphatic heterocycles. The molecule has 1 fully saturated rings. The van der Waals surface area contributed by atoms with Crippen LogP contribution in [0.25, 0.3) is 0 Å². The van der Waals surface area contributed by atoms with Crippen molar-refractivity contribution in [3.63, 3.8) is 0 Å². The van der Waals surface area contributed by atoms with E-state index in [1.54, 1.807) is 15.7 Å². The van der Waals surface area contributed by atoms with Crippen LogP contribution in [0.5, 0.6) is 0 Å². The van der Waals surface area contributed by atoms with Crippen LogP contribution in [0.1, 0.15) is 57.4 Å². The van der Waals surface area contributed by atoms with Gasteiger partial charge in [-0.15, -0.1) is 0 Å². The predicted octanol–water partition coefficient (Wildman–Crippen LogP) is 3.99. The number of aromatic nitrogens is 2. The van der Waals surface area contributed by atoms with Gasteiger partial charge in [-0.2, -0.15) is 0 Å². The Morgan fingerprint density at radius 1 is 1.27 bits per heavy atom. The fraction of sp³-hybridized carbons (Fsp3) is 0.600. The van der Waals surface area contributed by atoms with E-state index in [1.807, 2.05) is 58.9 Å². The van der Waals surface area contributed by atoms with E-state index >= 15 is 0 Å². The van der Waals surface area contributed by atoms with Crippen molar-refractivity contribution in [2.24, 2.45) is 11.8 Å². The molecule has 2 aromatic rings. The van der Waals surface area contributed by atoms with Crippen molar-refractivity contribution in [2.45, 2.75) is 77.6 Å². The maximum absolute atomic E-state index is 13.4. The van der Waals surface area contributed by atoms with E-state index in [4.69, 9.17) is 4.74 Å². The summed E-state index contributed by atoms with van der Waals surface area (Å²) in [7, 11) is -3.66. The minimum Gasteiger partial charge on any atom is -0.376 e. The number of hydrogen-bond donors (Lipinski definition) is 0. The molecule has 2 heterocycles. The van der Waals surface area contributed by atoms with E-state index in [0.717, 1.165) is 36.3 Å². The van der Waals surface area contributed by atoms with E-state index in [2.05, 4.69) is 4.98 Å². The molecule has 33 heavy (non-hydrogen) atoms. The summed E-state index contributed by atoms with van der Waals surface area (Å²) in [5.41, 5.74) is 2.50. The van der Waals surface area contributed by atoms with Gasteiger partial charge >= 0.3 is 0 Å². The first-order valence-electron chi connectivity index (χ1n) is 11.8. The van der Waals surface area contributed by atoms with Gasteiger partial charge in [-0.3, -0.25) is 4.79 Å². The highest BCUT2D eigenvalue weighted by atomic mass is 32.2. The third-order valence-electron chi connectivity index (χ3n) is 5.77. The summed E-state index contributed by atoms with van der Waals surface area (Å²) in [6.45, 7) is 11.9. The van der Waals surface area contributed by atoms with Crippen molar-refractivity contribution >= 4 is 15.7 Å². The maximum Gasteiger partial charge on any atom is 0.228 e. The second kappa shape index (κ2) is 10.8. The molecule has 1 aromatic heterocycles. The number of rotatable bonds is 10. The number of nitrogens with zero attached hydrogens (tertiary/aromatic N) is 3. The second-order valence-corrected chi connectivity index (χ2v) is 11.7. The SMILES string of the molecule is Cc1cccc(CS(=O)(=O)c2ncc(CN(C[C@@H]3CCCO3)C(=O)C(C)C)n2CC(C)C)c1. The van der Waals surface area contributed by atoms with Crippen molar-refractivity contribution in [3.8, 4) is 0 Å². The Morgan fingerprint density at radius 2 is 2.03 bits per heavy atom. The Kier molecular flexibility index (Phi) is 8.34. The summed E-state index contributed by atoms with van der Waals surface area (Å²) in [6.07, 6.45) is 3.57. The molecule has 1 aromatic carbocycles. The van der Waals surface area contributed by atoms with Gasteiger partial charge in [-0.1, -0.05) is 57.5 Å². The number of sulfone groups is 1. The molecule has 0 unspecified atom stereocenters. The molecule has 0 radical (unpaired) electrons. The molecular weight excluding hydrogens is 438 g/mol. The topological polar surface area (TPSA) is 81.5 Å². The zero-order valence-corrected chi connectivity index (χ0v) is 21.3. The smallest absolute Gasteiger partial charge is 0.228 e. The number of amides is 1. The van der Waals surface area contributed by atoms with Crippen molar-refractivity contribution in [1.29, 1.82) is 0 Å². The number of hydrogen-bond acceptors (Lipinski definition) is 5. The Bertz CT molecular complexity index is 1050. The van der Waals surface area contributed by atoms with Gasteiger partial charge in [0.2, 0.25) is 20.9 Å². The molecule has 1 aliphatic rings. The molecular formula is C25H37N3O4S. The molecule has 0 N–H and O–H groups in total. The van der Waals surface area contributed by atoms with Gasteiger partial charge in [-0.25, -0.2) is 13.4 Å². The van der Waals surface area contributed by atoms with E-state index in [0.29, 0.717) is 19.6 Å². The molecule has 0 aliphatic carbocycles. The number of ether oxygens (including phenoxy) is 1. The summed E-state index contributed by atoms with van der Waals surface area (Å²) in [4.78, 5) is 19.1. The van der Waals surface area contributed by atoms with Crippen LogP contribution in [-0.4, -0.2) is 48.0 Å². The zero-order chi connectivity index (χ0) is 24.2. The number of carbonyl (C=O) groups is 1. The van der Waals surface area contributed by atoms with E-state index in [1.165, 1.54) is 0 Å². The largest absolute Gasteiger partial charge is 0.376 e. The van der Waals surface area contributed by atoms with Crippen LogP contribution in [0.15, 0.2) is 35.6 Å². The molecule has 182 valence electrons. The van der Waals surface area contributed by atoms with E-state index in [9.17, 15) is 13.2 Å². The Balaban J connectivity index is 1.92. The van der Waals surface area contributed by atoms with Crippen LogP contribution >= 0.6 is 0 Å². The number of carbonyl (C=O) groups excluding carboxylic acids is 1. The standard InChI is InChI=1S/C25H37N3O4S/c1-18(2)14-28-22(15-27(24(29)19(3)4)16-23-10-7-11-32-23)13-26-25(28)33(30,31)17-21-9-6-8-20(5)12-21/h6,8-9,12-13,18-19,23H,7,10-11,14-17H2,1-5H3/t23-/m0/s1. The number of aryl methyl sites for hydroxylation is 1. The van der Waals surface area contributed by atoms with Gasteiger partial charge in [0.15, 0.2) is 0 Å². The van der Waals surface area contributed by atoms with Crippen molar-refractivity contribution in [3.05, 3.63) is 47.3 Å². The summed E-state index contributed by atoms with van der Waals surface area (Å²) in [5.74, 6) is -0.00372. The zero-order valence-electron chi connectivity index (χ0n) is 20.5. The first-order valence-corrected chi connectivity index (χ1v) is 13.4. The minimum absolute atomic E-state index is 0.0266. The van der Waals surface area contributed by atoms with E-state index < -0.39 is 9.84 Å². The van der Waals surface area contributed by atoms with Crippen LogP contribution in [-0.2, 0) is 38.2 Å². The highest BCUT2D eigenvalue weighted by molar-refractivity contribution is 7.90. The average molecular weight is 476 g/mol. The van der Waals surface area contributed by atoms with Gasteiger partial charge in [0.05, 0.1) is 30.3 Å². The fourth-order valence-corrected chi connectivity index (χ4v) is 5.73. The van der Waals surface area contributed by atoms with Crippen molar-refractivity contribution < 1.29 is 17.9 Å². The molecule has 8 heteroatoms. The van der Waals surface area contributed by atoms with Crippen LogP contribution in [0.2, 0.25) is 0 Å². The second-order valence-electron chi connectivity index (χ2n) is 9.79. The first-order chi connectivity index (χ1) is 15.6.